The number of ether oxygens (including phenoxy) is 1. The van der Waals surface area contributed by atoms with Crippen LogP contribution in [0.2, 0.25) is 5.02 Å². The maximum absolute atomic E-state index is 13.5. The molecule has 0 saturated carbocycles. The third-order valence-electron chi connectivity index (χ3n) is 4.37. The molecule has 3 aromatic carbocycles. The minimum atomic E-state index is -4.14. The van der Waals surface area contributed by atoms with Gasteiger partial charge in [0.15, 0.2) is 6.61 Å². The molecular formula is C22H17ClF2N2O5S. The normalized spacial score (nSPS) is 11.0. The van der Waals surface area contributed by atoms with Gasteiger partial charge in [-0.15, -0.1) is 0 Å². The standard InChI is InChI=1S/C22H17ClF2N2O5S/c1-13-10-15(7-8-18(13)25)33(30,31)27-19-5-3-2-4-16(19)22(29)32-12-21(28)26-20-9-6-14(24)11-17(20)23/h2-11,27H,12H2,1H3,(H,26,28). The lowest BCUT2D eigenvalue weighted by Gasteiger charge is -2.13. The molecule has 172 valence electrons. The summed E-state index contributed by atoms with van der Waals surface area (Å²) in [6.07, 6.45) is 0. The topological polar surface area (TPSA) is 102 Å². The van der Waals surface area contributed by atoms with Crippen molar-refractivity contribution in [2.75, 3.05) is 16.6 Å². The van der Waals surface area contributed by atoms with E-state index in [1.54, 1.807) is 0 Å². The van der Waals surface area contributed by atoms with E-state index >= 15 is 0 Å². The van der Waals surface area contributed by atoms with Gasteiger partial charge in [-0.05, 0) is 61.0 Å². The van der Waals surface area contributed by atoms with E-state index in [9.17, 15) is 26.8 Å². The predicted octanol–water partition coefficient (Wildman–Crippen LogP) is 4.52. The van der Waals surface area contributed by atoms with Gasteiger partial charge in [-0.25, -0.2) is 22.0 Å². The molecular weight excluding hydrogens is 478 g/mol. The van der Waals surface area contributed by atoms with Gasteiger partial charge < -0.3 is 10.1 Å². The molecule has 0 bridgehead atoms. The second-order valence-corrected chi connectivity index (χ2v) is 8.90. The number of para-hydroxylation sites is 1. The average Bonchev–Trinajstić information content (AvgIpc) is 2.76. The van der Waals surface area contributed by atoms with Crippen molar-refractivity contribution in [3.63, 3.8) is 0 Å². The van der Waals surface area contributed by atoms with Crippen molar-refractivity contribution in [2.45, 2.75) is 11.8 Å². The molecule has 1 amide bonds. The number of anilines is 2. The molecule has 33 heavy (non-hydrogen) atoms. The second kappa shape index (κ2) is 9.97. The van der Waals surface area contributed by atoms with Crippen molar-refractivity contribution in [1.29, 1.82) is 0 Å². The van der Waals surface area contributed by atoms with E-state index in [-0.39, 0.29) is 32.4 Å². The quantitative estimate of drug-likeness (QED) is 0.470. The molecule has 7 nitrogen and oxygen atoms in total. The van der Waals surface area contributed by atoms with Crippen molar-refractivity contribution in [3.05, 3.63) is 88.4 Å². The number of sulfonamides is 1. The van der Waals surface area contributed by atoms with E-state index in [1.807, 2.05) is 0 Å². The van der Waals surface area contributed by atoms with Crippen LogP contribution in [0.4, 0.5) is 20.2 Å². The first-order chi connectivity index (χ1) is 15.6. The summed E-state index contributed by atoms with van der Waals surface area (Å²) in [5, 5.41) is 2.33. The van der Waals surface area contributed by atoms with Gasteiger partial charge in [0.1, 0.15) is 11.6 Å². The Balaban J connectivity index is 1.70. The first kappa shape index (κ1) is 24.1. The highest BCUT2D eigenvalue weighted by molar-refractivity contribution is 7.92. The largest absolute Gasteiger partial charge is 0.452 e. The number of hydrogen-bond acceptors (Lipinski definition) is 5. The number of rotatable bonds is 7. The lowest BCUT2D eigenvalue weighted by atomic mass is 10.2. The van der Waals surface area contributed by atoms with E-state index in [0.717, 1.165) is 30.3 Å². The van der Waals surface area contributed by atoms with E-state index in [4.69, 9.17) is 16.3 Å². The molecule has 0 fully saturated rings. The molecule has 0 aromatic heterocycles. The van der Waals surface area contributed by atoms with Gasteiger partial charge in [0.25, 0.3) is 15.9 Å². The minimum Gasteiger partial charge on any atom is -0.452 e. The fourth-order valence-corrected chi connectivity index (χ4v) is 4.10. The zero-order valence-corrected chi connectivity index (χ0v) is 18.6. The zero-order valence-electron chi connectivity index (χ0n) is 17.1. The van der Waals surface area contributed by atoms with Crippen LogP contribution in [0.15, 0.2) is 65.6 Å². The summed E-state index contributed by atoms with van der Waals surface area (Å²) in [5.74, 6) is -2.85. The fourth-order valence-electron chi connectivity index (χ4n) is 2.72. The van der Waals surface area contributed by atoms with Gasteiger partial charge in [-0.2, -0.15) is 0 Å². The van der Waals surface area contributed by atoms with Crippen molar-refractivity contribution in [3.8, 4) is 0 Å². The molecule has 2 N–H and O–H groups in total. The molecule has 11 heteroatoms. The highest BCUT2D eigenvalue weighted by Gasteiger charge is 2.21. The molecule has 0 spiro atoms. The SMILES string of the molecule is Cc1cc(S(=O)(=O)Nc2ccccc2C(=O)OCC(=O)Nc2ccc(F)cc2Cl)ccc1F. The Morgan fingerprint density at radius 1 is 1.00 bits per heavy atom. The third-order valence-corrected chi connectivity index (χ3v) is 6.05. The number of aryl methyl sites for hydroxylation is 1. The van der Waals surface area contributed by atoms with Crippen LogP contribution < -0.4 is 10.0 Å². The molecule has 0 atom stereocenters. The summed E-state index contributed by atoms with van der Waals surface area (Å²) in [7, 11) is -4.14. The number of halogens is 3. The minimum absolute atomic E-state index is 0.0366. The Kier molecular flexibility index (Phi) is 7.29. The first-order valence-electron chi connectivity index (χ1n) is 9.37. The van der Waals surface area contributed by atoms with Crippen molar-refractivity contribution in [2.24, 2.45) is 0 Å². The molecule has 0 saturated heterocycles. The zero-order chi connectivity index (χ0) is 24.2. The smallest absolute Gasteiger partial charge is 0.340 e. The van der Waals surface area contributed by atoms with Crippen molar-refractivity contribution in [1.82, 2.24) is 0 Å². The van der Waals surface area contributed by atoms with Crippen LogP contribution in [-0.2, 0) is 19.6 Å². The Labute approximate surface area is 193 Å². The van der Waals surface area contributed by atoms with E-state index < -0.39 is 40.1 Å². The number of hydrogen-bond donors (Lipinski definition) is 2. The predicted molar refractivity (Wildman–Crippen MR) is 119 cm³/mol. The third kappa shape index (κ3) is 6.05. The highest BCUT2D eigenvalue weighted by atomic mass is 35.5. The Hall–Kier alpha value is -3.50. The van der Waals surface area contributed by atoms with Crippen LogP contribution in [0.1, 0.15) is 15.9 Å². The maximum Gasteiger partial charge on any atom is 0.340 e. The summed E-state index contributed by atoms with van der Waals surface area (Å²) >= 11 is 5.83. The number of carbonyl (C=O) groups is 2. The lowest BCUT2D eigenvalue weighted by Crippen LogP contribution is -2.22. The number of benzene rings is 3. The maximum atomic E-state index is 13.5. The van der Waals surface area contributed by atoms with Gasteiger partial charge in [0.2, 0.25) is 0 Å². The summed E-state index contributed by atoms with van der Waals surface area (Å²) < 4.78 is 59.2. The number of amides is 1. The van der Waals surface area contributed by atoms with E-state index in [0.29, 0.717) is 0 Å². The highest BCUT2D eigenvalue weighted by Crippen LogP contribution is 2.24. The fraction of sp³-hybridized carbons (Fsp3) is 0.0909. The van der Waals surface area contributed by atoms with Gasteiger partial charge in [-0.1, -0.05) is 23.7 Å². The molecule has 3 rings (SSSR count). The summed E-state index contributed by atoms with van der Waals surface area (Å²) in [6, 6.07) is 12.2. The summed E-state index contributed by atoms with van der Waals surface area (Å²) in [4.78, 5) is 24.4. The molecule has 0 unspecified atom stereocenters. The molecule has 0 aliphatic rings. The van der Waals surface area contributed by atoms with Crippen LogP contribution in [0.3, 0.4) is 0 Å². The second-order valence-electron chi connectivity index (χ2n) is 6.81. The monoisotopic (exact) mass is 494 g/mol. The van der Waals surface area contributed by atoms with Crippen LogP contribution >= 0.6 is 11.6 Å². The van der Waals surface area contributed by atoms with Crippen LogP contribution in [0, 0.1) is 18.6 Å². The van der Waals surface area contributed by atoms with Gasteiger partial charge in [-0.3, -0.25) is 9.52 Å². The number of carbonyl (C=O) groups excluding carboxylic acids is 2. The summed E-state index contributed by atoms with van der Waals surface area (Å²) in [5.41, 5.74) is 0.0266. The Morgan fingerprint density at radius 3 is 2.42 bits per heavy atom. The van der Waals surface area contributed by atoms with Crippen LogP contribution in [-0.4, -0.2) is 26.9 Å². The van der Waals surface area contributed by atoms with E-state index in [2.05, 4.69) is 10.0 Å². The Morgan fingerprint density at radius 2 is 1.73 bits per heavy atom. The van der Waals surface area contributed by atoms with Crippen LogP contribution in [0.25, 0.3) is 0 Å². The van der Waals surface area contributed by atoms with E-state index in [1.165, 1.54) is 37.3 Å². The average molecular weight is 495 g/mol. The molecule has 3 aromatic rings. The first-order valence-corrected chi connectivity index (χ1v) is 11.2. The van der Waals surface area contributed by atoms with Crippen molar-refractivity contribution < 1.29 is 31.5 Å². The lowest BCUT2D eigenvalue weighted by molar-refractivity contribution is -0.119. The van der Waals surface area contributed by atoms with Crippen LogP contribution in [0.5, 0.6) is 0 Å². The van der Waals surface area contributed by atoms with Gasteiger partial charge in [0.05, 0.1) is 26.9 Å². The molecule has 0 aliphatic carbocycles. The molecule has 0 radical (unpaired) electrons. The Bertz CT molecular complexity index is 1330. The summed E-state index contributed by atoms with van der Waals surface area (Å²) in [6.45, 7) is 0.717. The number of esters is 1. The molecule has 0 aliphatic heterocycles. The van der Waals surface area contributed by atoms with Crippen molar-refractivity contribution >= 4 is 44.9 Å². The van der Waals surface area contributed by atoms with Gasteiger partial charge >= 0.3 is 5.97 Å². The molecule has 0 heterocycles. The van der Waals surface area contributed by atoms with Gasteiger partial charge in [0, 0.05) is 0 Å². The number of nitrogens with one attached hydrogen (secondary N) is 2.